The number of fused-ring (bicyclic) bond motifs is 1. The van der Waals surface area contributed by atoms with Gasteiger partial charge in [0.05, 0.1) is 7.11 Å². The van der Waals surface area contributed by atoms with E-state index in [0.29, 0.717) is 19.1 Å². The summed E-state index contributed by atoms with van der Waals surface area (Å²) in [6, 6.07) is 14.5. The van der Waals surface area contributed by atoms with Gasteiger partial charge in [0, 0.05) is 30.2 Å². The third-order valence-electron chi connectivity index (χ3n) is 6.12. The van der Waals surface area contributed by atoms with E-state index in [1.807, 2.05) is 24.3 Å². The summed E-state index contributed by atoms with van der Waals surface area (Å²) in [7, 11) is 1.69. The van der Waals surface area contributed by atoms with E-state index in [1.165, 1.54) is 0 Å². The summed E-state index contributed by atoms with van der Waals surface area (Å²) in [6.45, 7) is 10.6. The Hall–Kier alpha value is -2.51. The first-order valence-corrected chi connectivity index (χ1v) is 11.9. The van der Waals surface area contributed by atoms with E-state index in [1.54, 1.807) is 7.11 Å². The third kappa shape index (κ3) is 6.09. The molecule has 178 valence electrons. The van der Waals surface area contributed by atoms with Crippen LogP contribution in [0.25, 0.3) is 0 Å². The fraction of sp³-hybridized carbons (Fsp3) is 0.500. The SMILES string of the molecule is COc1cccc(CN(Cc2ccc3c(c2)OCO3)C(=S)NC2CC(C)(C)NC(C)(C)C2)c1. The van der Waals surface area contributed by atoms with E-state index in [4.69, 9.17) is 26.4 Å². The average molecular weight is 470 g/mol. The summed E-state index contributed by atoms with van der Waals surface area (Å²) >= 11 is 5.97. The Morgan fingerprint density at radius 2 is 1.70 bits per heavy atom. The molecule has 0 spiro atoms. The molecule has 2 aromatic rings. The van der Waals surface area contributed by atoms with E-state index in [9.17, 15) is 0 Å². The number of rotatable bonds is 6. The molecular weight excluding hydrogens is 434 g/mol. The van der Waals surface area contributed by atoms with Crippen molar-refractivity contribution in [2.75, 3.05) is 13.9 Å². The molecule has 2 aliphatic rings. The van der Waals surface area contributed by atoms with Gasteiger partial charge >= 0.3 is 0 Å². The summed E-state index contributed by atoms with van der Waals surface area (Å²) in [4.78, 5) is 2.21. The van der Waals surface area contributed by atoms with E-state index in [2.05, 4.69) is 61.4 Å². The molecule has 0 unspecified atom stereocenters. The Labute approximate surface area is 202 Å². The quantitative estimate of drug-likeness (QED) is 0.599. The van der Waals surface area contributed by atoms with Crippen molar-refractivity contribution in [1.82, 2.24) is 15.5 Å². The molecular formula is C26H35N3O3S. The number of thiocarbonyl (C=S) groups is 1. The molecule has 4 rings (SSSR count). The average Bonchev–Trinajstić information content (AvgIpc) is 3.19. The van der Waals surface area contributed by atoms with Crippen molar-refractivity contribution in [2.45, 2.75) is 70.7 Å². The Morgan fingerprint density at radius 1 is 1.03 bits per heavy atom. The van der Waals surface area contributed by atoms with Crippen molar-refractivity contribution < 1.29 is 14.2 Å². The smallest absolute Gasteiger partial charge is 0.231 e. The van der Waals surface area contributed by atoms with Crippen LogP contribution in [0.15, 0.2) is 42.5 Å². The van der Waals surface area contributed by atoms with Gasteiger partial charge in [-0.05, 0) is 88.1 Å². The highest BCUT2D eigenvalue weighted by molar-refractivity contribution is 7.80. The zero-order valence-electron chi connectivity index (χ0n) is 20.2. The predicted molar refractivity (Wildman–Crippen MR) is 135 cm³/mol. The van der Waals surface area contributed by atoms with Gasteiger partial charge in [0.1, 0.15) is 5.75 Å². The predicted octanol–water partition coefficient (Wildman–Crippen LogP) is 4.61. The molecule has 0 amide bonds. The number of nitrogens with zero attached hydrogens (tertiary/aromatic N) is 1. The van der Waals surface area contributed by atoms with Gasteiger partial charge in [0.2, 0.25) is 6.79 Å². The lowest BCUT2D eigenvalue weighted by atomic mass is 9.80. The molecule has 1 fully saturated rings. The first kappa shape index (κ1) is 23.6. The minimum Gasteiger partial charge on any atom is -0.497 e. The number of hydrogen-bond acceptors (Lipinski definition) is 5. The van der Waals surface area contributed by atoms with E-state index in [-0.39, 0.29) is 17.9 Å². The highest BCUT2D eigenvalue weighted by Gasteiger charge is 2.38. The van der Waals surface area contributed by atoms with Gasteiger partial charge in [-0.1, -0.05) is 18.2 Å². The zero-order chi connectivity index (χ0) is 23.6. The maximum absolute atomic E-state index is 5.97. The Morgan fingerprint density at radius 3 is 2.39 bits per heavy atom. The zero-order valence-corrected chi connectivity index (χ0v) is 21.1. The molecule has 6 nitrogen and oxygen atoms in total. The van der Waals surface area contributed by atoms with Crippen LogP contribution in [-0.2, 0) is 13.1 Å². The number of ether oxygens (including phenoxy) is 3. The summed E-state index contributed by atoms with van der Waals surface area (Å²) in [6.07, 6.45) is 2.02. The van der Waals surface area contributed by atoms with Crippen LogP contribution in [0.5, 0.6) is 17.2 Å². The Kier molecular flexibility index (Phi) is 6.73. The molecule has 1 saturated heterocycles. The fourth-order valence-corrected chi connectivity index (χ4v) is 5.44. The fourth-order valence-electron chi connectivity index (χ4n) is 5.14. The van der Waals surface area contributed by atoms with Gasteiger partial charge in [-0.3, -0.25) is 0 Å². The van der Waals surface area contributed by atoms with Crippen LogP contribution in [0.2, 0.25) is 0 Å². The number of nitrogens with one attached hydrogen (secondary N) is 2. The monoisotopic (exact) mass is 469 g/mol. The van der Waals surface area contributed by atoms with Crippen LogP contribution in [0.1, 0.15) is 51.7 Å². The van der Waals surface area contributed by atoms with Crippen molar-refractivity contribution in [3.63, 3.8) is 0 Å². The number of hydrogen-bond donors (Lipinski definition) is 2. The molecule has 7 heteroatoms. The minimum atomic E-state index is 0.0456. The normalized spacial score (nSPS) is 18.6. The summed E-state index contributed by atoms with van der Waals surface area (Å²) in [5.41, 5.74) is 2.36. The molecule has 0 aliphatic carbocycles. The van der Waals surface area contributed by atoms with Crippen LogP contribution >= 0.6 is 12.2 Å². The molecule has 0 bridgehead atoms. The van der Waals surface area contributed by atoms with Crippen molar-refractivity contribution >= 4 is 17.3 Å². The molecule has 2 aliphatic heterocycles. The largest absolute Gasteiger partial charge is 0.497 e. The highest BCUT2D eigenvalue weighted by Crippen LogP contribution is 2.33. The van der Waals surface area contributed by atoms with Crippen molar-refractivity contribution in [3.05, 3.63) is 53.6 Å². The van der Waals surface area contributed by atoms with Crippen LogP contribution in [0, 0.1) is 0 Å². The Balaban J connectivity index is 1.54. The van der Waals surface area contributed by atoms with Crippen LogP contribution in [0.4, 0.5) is 0 Å². The number of methoxy groups -OCH3 is 1. The van der Waals surface area contributed by atoms with Crippen LogP contribution < -0.4 is 24.8 Å². The molecule has 2 N–H and O–H groups in total. The topological polar surface area (TPSA) is 55.0 Å². The second-order valence-electron chi connectivity index (χ2n) is 10.3. The highest BCUT2D eigenvalue weighted by atomic mass is 32.1. The third-order valence-corrected chi connectivity index (χ3v) is 6.50. The minimum absolute atomic E-state index is 0.0456. The summed E-state index contributed by atoms with van der Waals surface area (Å²) in [5.74, 6) is 2.42. The number of piperidine rings is 1. The van der Waals surface area contributed by atoms with Crippen LogP contribution in [-0.4, -0.2) is 41.0 Å². The van der Waals surface area contributed by atoms with Gasteiger partial charge in [-0.2, -0.15) is 0 Å². The van der Waals surface area contributed by atoms with Gasteiger partial charge in [0.25, 0.3) is 0 Å². The van der Waals surface area contributed by atoms with E-state index < -0.39 is 0 Å². The second-order valence-corrected chi connectivity index (χ2v) is 10.7. The lowest BCUT2D eigenvalue weighted by Crippen LogP contribution is -2.62. The van der Waals surface area contributed by atoms with Crippen molar-refractivity contribution in [2.24, 2.45) is 0 Å². The second kappa shape index (κ2) is 9.39. The van der Waals surface area contributed by atoms with Gasteiger partial charge in [-0.25, -0.2) is 0 Å². The molecule has 0 aromatic heterocycles. The Bertz CT molecular complexity index is 992. The van der Waals surface area contributed by atoms with E-state index in [0.717, 1.165) is 46.3 Å². The van der Waals surface area contributed by atoms with Crippen molar-refractivity contribution in [3.8, 4) is 17.2 Å². The van der Waals surface area contributed by atoms with Gasteiger partial charge in [-0.15, -0.1) is 0 Å². The standard InChI is InChI=1S/C26H35N3O3S/c1-25(2)13-20(14-26(3,4)28-25)27-24(33)29(15-18-7-6-8-21(11-18)30-5)16-19-9-10-22-23(12-19)32-17-31-22/h6-12,20,28H,13-17H2,1-5H3,(H,27,33). The maximum atomic E-state index is 5.97. The molecule has 0 saturated carbocycles. The lowest BCUT2D eigenvalue weighted by molar-refractivity contribution is 0.153. The maximum Gasteiger partial charge on any atom is 0.231 e. The molecule has 0 atom stereocenters. The first-order chi connectivity index (χ1) is 15.6. The summed E-state index contributed by atoms with van der Waals surface area (Å²) in [5, 5.41) is 8.18. The molecule has 0 radical (unpaired) electrons. The van der Waals surface area contributed by atoms with E-state index >= 15 is 0 Å². The molecule has 33 heavy (non-hydrogen) atoms. The molecule has 2 heterocycles. The lowest BCUT2D eigenvalue weighted by Gasteiger charge is -2.47. The first-order valence-electron chi connectivity index (χ1n) is 11.5. The van der Waals surface area contributed by atoms with Gasteiger partial charge < -0.3 is 29.7 Å². The number of benzene rings is 2. The van der Waals surface area contributed by atoms with Crippen LogP contribution in [0.3, 0.4) is 0 Å². The van der Waals surface area contributed by atoms with Gasteiger partial charge in [0.15, 0.2) is 16.6 Å². The summed E-state index contributed by atoms with van der Waals surface area (Å²) < 4.78 is 16.5. The molecule has 2 aromatic carbocycles. The van der Waals surface area contributed by atoms with Crippen molar-refractivity contribution in [1.29, 1.82) is 0 Å².